The number of nitrogens with one attached hydrogen (secondary N) is 1. The lowest BCUT2D eigenvalue weighted by atomic mass is 9.68. The van der Waals surface area contributed by atoms with Crippen molar-refractivity contribution in [2.24, 2.45) is 16.7 Å². The van der Waals surface area contributed by atoms with Gasteiger partial charge in [0.25, 0.3) is 5.92 Å². The third-order valence-corrected chi connectivity index (χ3v) is 5.07. The highest BCUT2D eigenvalue weighted by Gasteiger charge is 2.59. The highest BCUT2D eigenvalue weighted by atomic mass is 19.3. The van der Waals surface area contributed by atoms with Gasteiger partial charge in [0.05, 0.1) is 6.54 Å². The van der Waals surface area contributed by atoms with Crippen LogP contribution in [0.5, 0.6) is 0 Å². The van der Waals surface area contributed by atoms with Gasteiger partial charge in [-0.05, 0) is 36.0 Å². The molecule has 0 aromatic heterocycles. The maximum atomic E-state index is 13.1. The Balaban J connectivity index is 2.05. The highest BCUT2D eigenvalue weighted by molar-refractivity contribution is 5.12. The number of alkyl halides is 2. The van der Waals surface area contributed by atoms with Crippen molar-refractivity contribution in [3.63, 3.8) is 0 Å². The number of rotatable bonds is 4. The standard InChI is InChI=1S/C13H23F2NO/c1-11(2)9-4-5-12(3,6-9)10(11)16-7-13(14,15)8-17/h9-10,16-17H,4-8H2,1-3H3. The zero-order valence-electron chi connectivity index (χ0n) is 10.9. The number of aliphatic hydroxyl groups excluding tert-OH is 1. The average molecular weight is 247 g/mol. The van der Waals surface area contributed by atoms with Crippen molar-refractivity contribution < 1.29 is 13.9 Å². The van der Waals surface area contributed by atoms with Crippen LogP contribution in [0, 0.1) is 16.7 Å². The van der Waals surface area contributed by atoms with Crippen LogP contribution in [0.25, 0.3) is 0 Å². The van der Waals surface area contributed by atoms with E-state index in [1.807, 2.05) is 0 Å². The molecule has 0 aromatic carbocycles. The van der Waals surface area contributed by atoms with Crippen LogP contribution in [0.3, 0.4) is 0 Å². The van der Waals surface area contributed by atoms with Crippen LogP contribution < -0.4 is 5.32 Å². The van der Waals surface area contributed by atoms with Gasteiger partial charge in [0, 0.05) is 6.04 Å². The monoisotopic (exact) mass is 247 g/mol. The van der Waals surface area contributed by atoms with Crippen LogP contribution in [-0.4, -0.2) is 30.2 Å². The Bertz CT molecular complexity index is 301. The first-order chi connectivity index (χ1) is 7.71. The molecule has 17 heavy (non-hydrogen) atoms. The van der Waals surface area contributed by atoms with Gasteiger partial charge in [-0.3, -0.25) is 0 Å². The van der Waals surface area contributed by atoms with Crippen molar-refractivity contribution in [3.05, 3.63) is 0 Å². The second kappa shape index (κ2) is 3.89. The van der Waals surface area contributed by atoms with Gasteiger partial charge < -0.3 is 10.4 Å². The average Bonchev–Trinajstić information content (AvgIpc) is 2.68. The predicted molar refractivity (Wildman–Crippen MR) is 63.1 cm³/mol. The number of halogens is 2. The van der Waals surface area contributed by atoms with E-state index in [4.69, 9.17) is 5.11 Å². The molecule has 0 heterocycles. The molecule has 0 spiro atoms. The van der Waals surface area contributed by atoms with E-state index in [1.165, 1.54) is 6.42 Å². The minimum atomic E-state index is -3.01. The van der Waals surface area contributed by atoms with Gasteiger partial charge in [0.2, 0.25) is 0 Å². The van der Waals surface area contributed by atoms with Gasteiger partial charge in [-0.1, -0.05) is 20.8 Å². The Morgan fingerprint density at radius 1 is 1.35 bits per heavy atom. The van der Waals surface area contributed by atoms with Crippen molar-refractivity contribution in [3.8, 4) is 0 Å². The van der Waals surface area contributed by atoms with E-state index in [0.717, 1.165) is 12.8 Å². The summed E-state index contributed by atoms with van der Waals surface area (Å²) in [6.45, 7) is 5.07. The molecule has 0 aliphatic heterocycles. The van der Waals surface area contributed by atoms with E-state index in [0.29, 0.717) is 5.92 Å². The largest absolute Gasteiger partial charge is 0.390 e. The van der Waals surface area contributed by atoms with E-state index in [1.54, 1.807) is 0 Å². The summed E-state index contributed by atoms with van der Waals surface area (Å²) in [6.07, 6.45) is 3.49. The smallest absolute Gasteiger partial charge is 0.282 e. The molecule has 2 rings (SSSR count). The summed E-state index contributed by atoms with van der Waals surface area (Å²) >= 11 is 0. The van der Waals surface area contributed by atoms with Gasteiger partial charge in [0.15, 0.2) is 0 Å². The molecule has 2 aliphatic carbocycles. The Labute approximate surface area is 102 Å². The summed E-state index contributed by atoms with van der Waals surface area (Å²) in [5.41, 5.74) is 0.234. The molecule has 2 aliphatic rings. The van der Waals surface area contributed by atoms with E-state index in [9.17, 15) is 8.78 Å². The van der Waals surface area contributed by atoms with Crippen LogP contribution >= 0.6 is 0 Å². The Morgan fingerprint density at radius 3 is 2.47 bits per heavy atom. The normalized spacial score (nSPS) is 39.9. The van der Waals surface area contributed by atoms with Crippen LogP contribution in [0.1, 0.15) is 40.0 Å². The van der Waals surface area contributed by atoms with Crippen molar-refractivity contribution in [2.75, 3.05) is 13.2 Å². The number of fused-ring (bicyclic) bond motifs is 2. The zero-order chi connectivity index (χ0) is 12.9. The van der Waals surface area contributed by atoms with Crippen molar-refractivity contribution in [1.29, 1.82) is 0 Å². The Morgan fingerprint density at radius 2 is 2.00 bits per heavy atom. The molecular formula is C13H23F2NO. The first-order valence-corrected chi connectivity index (χ1v) is 6.43. The summed E-state index contributed by atoms with van der Waals surface area (Å²) in [5.74, 6) is -2.36. The summed E-state index contributed by atoms with van der Waals surface area (Å²) in [7, 11) is 0. The summed E-state index contributed by atoms with van der Waals surface area (Å²) in [4.78, 5) is 0. The first kappa shape index (κ1) is 13.2. The van der Waals surface area contributed by atoms with Crippen molar-refractivity contribution in [1.82, 2.24) is 5.32 Å². The van der Waals surface area contributed by atoms with Gasteiger partial charge >= 0.3 is 0 Å². The van der Waals surface area contributed by atoms with Gasteiger partial charge in [0.1, 0.15) is 6.61 Å². The number of hydrogen-bond acceptors (Lipinski definition) is 2. The molecule has 0 amide bonds. The van der Waals surface area contributed by atoms with Gasteiger partial charge in [-0.2, -0.15) is 0 Å². The minimum Gasteiger partial charge on any atom is -0.390 e. The zero-order valence-corrected chi connectivity index (χ0v) is 10.9. The molecule has 2 bridgehead atoms. The number of hydrogen-bond donors (Lipinski definition) is 2. The van der Waals surface area contributed by atoms with Gasteiger partial charge in [-0.15, -0.1) is 0 Å². The van der Waals surface area contributed by atoms with E-state index in [-0.39, 0.29) is 16.9 Å². The molecular weight excluding hydrogens is 224 g/mol. The fourth-order valence-corrected chi connectivity index (χ4v) is 4.12. The molecule has 0 aromatic rings. The van der Waals surface area contributed by atoms with Crippen LogP contribution in [-0.2, 0) is 0 Å². The Kier molecular flexibility index (Phi) is 3.02. The Hall–Kier alpha value is -0.220. The molecule has 0 saturated heterocycles. The van der Waals surface area contributed by atoms with Crippen LogP contribution in [0.15, 0.2) is 0 Å². The topological polar surface area (TPSA) is 32.3 Å². The van der Waals surface area contributed by atoms with E-state index < -0.39 is 19.1 Å². The van der Waals surface area contributed by atoms with Crippen molar-refractivity contribution >= 4 is 0 Å². The maximum Gasteiger partial charge on any atom is 0.282 e. The first-order valence-electron chi connectivity index (χ1n) is 6.43. The summed E-state index contributed by atoms with van der Waals surface area (Å²) in [6, 6.07) is 0.131. The van der Waals surface area contributed by atoms with Crippen LogP contribution in [0.4, 0.5) is 8.78 Å². The molecule has 100 valence electrons. The third kappa shape index (κ3) is 2.10. The molecule has 2 N–H and O–H groups in total. The molecule has 2 nitrogen and oxygen atoms in total. The minimum absolute atomic E-state index is 0.0819. The molecule has 3 atom stereocenters. The second-order valence-corrected chi connectivity index (χ2v) is 6.74. The van der Waals surface area contributed by atoms with E-state index in [2.05, 4.69) is 26.1 Å². The molecule has 0 radical (unpaired) electrons. The summed E-state index contributed by atoms with van der Waals surface area (Å²) in [5, 5.41) is 11.6. The molecule has 3 unspecified atom stereocenters. The lowest BCUT2D eigenvalue weighted by Gasteiger charge is -2.43. The highest BCUT2D eigenvalue weighted by Crippen LogP contribution is 2.62. The second-order valence-electron chi connectivity index (χ2n) is 6.74. The molecule has 4 heteroatoms. The fraction of sp³-hybridized carbons (Fsp3) is 1.00. The predicted octanol–water partition coefficient (Wildman–Crippen LogP) is 2.42. The number of aliphatic hydroxyl groups is 1. The molecule has 2 fully saturated rings. The van der Waals surface area contributed by atoms with Gasteiger partial charge in [-0.25, -0.2) is 8.78 Å². The lowest BCUT2D eigenvalue weighted by molar-refractivity contribution is -0.0561. The maximum absolute atomic E-state index is 13.1. The van der Waals surface area contributed by atoms with Crippen molar-refractivity contribution in [2.45, 2.75) is 52.0 Å². The SMILES string of the molecule is CC12CCC(C1)C(C)(C)C2NCC(F)(F)CO. The third-order valence-electron chi connectivity index (χ3n) is 5.07. The summed E-state index contributed by atoms with van der Waals surface area (Å²) < 4.78 is 26.2. The van der Waals surface area contributed by atoms with Crippen LogP contribution in [0.2, 0.25) is 0 Å². The fourth-order valence-electron chi connectivity index (χ4n) is 4.12. The van der Waals surface area contributed by atoms with E-state index >= 15 is 0 Å². The lowest BCUT2D eigenvalue weighted by Crippen LogP contribution is -2.53. The quantitative estimate of drug-likeness (QED) is 0.799. The molecule has 2 saturated carbocycles.